The van der Waals surface area contributed by atoms with Crippen LogP contribution in [0, 0.1) is 13.8 Å². The molecule has 0 aliphatic carbocycles. The third kappa shape index (κ3) is 2.35. The van der Waals surface area contributed by atoms with Crippen LogP contribution in [0.4, 0.5) is 5.69 Å². The van der Waals surface area contributed by atoms with Crippen molar-refractivity contribution >= 4 is 22.6 Å². The molecule has 0 saturated carbocycles. The predicted octanol–water partition coefficient (Wildman–Crippen LogP) is 5.30. The van der Waals surface area contributed by atoms with Crippen LogP contribution in [-0.2, 0) is 0 Å². The van der Waals surface area contributed by atoms with Gasteiger partial charge in [-0.2, -0.15) is 0 Å². The van der Waals surface area contributed by atoms with Crippen molar-refractivity contribution in [3.05, 3.63) is 82.3 Å². The highest BCUT2D eigenvalue weighted by Crippen LogP contribution is 2.32. The van der Waals surface area contributed by atoms with Gasteiger partial charge >= 0.3 is 0 Å². The molecular formula is C18H17NS. The van der Waals surface area contributed by atoms with E-state index < -0.39 is 0 Å². The average molecular weight is 279 g/mol. The molecule has 1 nitrogen and oxygen atoms in total. The summed E-state index contributed by atoms with van der Waals surface area (Å²) >= 11 is 1.78. The number of anilines is 1. The van der Waals surface area contributed by atoms with E-state index in [2.05, 4.69) is 79.4 Å². The van der Waals surface area contributed by atoms with Gasteiger partial charge in [-0.3, -0.25) is 0 Å². The lowest BCUT2D eigenvalue weighted by Crippen LogP contribution is -2.16. The van der Waals surface area contributed by atoms with E-state index in [0.29, 0.717) is 0 Å². The van der Waals surface area contributed by atoms with Crippen LogP contribution in [0.1, 0.15) is 16.0 Å². The number of hydrogen-bond donors (Lipinski definition) is 0. The van der Waals surface area contributed by atoms with Crippen molar-refractivity contribution in [3.8, 4) is 0 Å². The van der Waals surface area contributed by atoms with Crippen molar-refractivity contribution in [1.29, 1.82) is 0 Å². The number of benzene rings is 1. The number of nitrogens with zero attached hydrogens (tertiary/aromatic N) is 1. The lowest BCUT2D eigenvalue weighted by atomic mass is 10.1. The molecule has 0 fully saturated rings. The Kier molecular flexibility index (Phi) is 3.33. The van der Waals surface area contributed by atoms with E-state index >= 15 is 0 Å². The summed E-state index contributed by atoms with van der Waals surface area (Å²) in [5.74, 6) is 0. The maximum absolute atomic E-state index is 4.14. The van der Waals surface area contributed by atoms with E-state index in [9.17, 15) is 0 Å². The first-order valence-electron chi connectivity index (χ1n) is 6.64. The van der Waals surface area contributed by atoms with Crippen LogP contribution >= 0.6 is 11.3 Å². The van der Waals surface area contributed by atoms with Gasteiger partial charge in [-0.15, -0.1) is 11.3 Å². The van der Waals surface area contributed by atoms with Gasteiger partial charge in [0.15, 0.2) is 0 Å². The third-order valence-corrected chi connectivity index (χ3v) is 4.50. The SMILES string of the molecule is C=C1C=CC(c2sccc2C)=CN1c1cccc(C)c1. The largest absolute Gasteiger partial charge is 0.317 e. The zero-order chi connectivity index (χ0) is 14.1. The van der Waals surface area contributed by atoms with Crippen molar-refractivity contribution in [1.82, 2.24) is 0 Å². The van der Waals surface area contributed by atoms with Gasteiger partial charge in [-0.05, 0) is 54.6 Å². The maximum atomic E-state index is 4.14. The highest BCUT2D eigenvalue weighted by Gasteiger charge is 2.14. The van der Waals surface area contributed by atoms with Gasteiger partial charge in [-0.1, -0.05) is 24.8 Å². The molecule has 0 saturated heterocycles. The number of aryl methyl sites for hydroxylation is 2. The Balaban J connectivity index is 2.03. The van der Waals surface area contributed by atoms with Crippen LogP contribution in [0.2, 0.25) is 0 Å². The van der Waals surface area contributed by atoms with Crippen molar-refractivity contribution in [2.75, 3.05) is 4.90 Å². The van der Waals surface area contributed by atoms with E-state index in [1.165, 1.54) is 21.6 Å². The highest BCUT2D eigenvalue weighted by molar-refractivity contribution is 7.11. The molecule has 1 aliphatic heterocycles. The van der Waals surface area contributed by atoms with E-state index in [1.54, 1.807) is 11.3 Å². The molecule has 1 aromatic carbocycles. The van der Waals surface area contributed by atoms with Gasteiger partial charge in [0.1, 0.15) is 0 Å². The molecule has 0 spiro atoms. The zero-order valence-corrected chi connectivity index (χ0v) is 12.6. The lowest BCUT2D eigenvalue weighted by Gasteiger charge is -2.25. The molecule has 0 bridgehead atoms. The van der Waals surface area contributed by atoms with Gasteiger partial charge in [-0.25, -0.2) is 0 Å². The minimum atomic E-state index is 0.994. The summed E-state index contributed by atoms with van der Waals surface area (Å²) in [7, 11) is 0. The number of thiophene rings is 1. The van der Waals surface area contributed by atoms with Gasteiger partial charge in [0.05, 0.1) is 0 Å². The second-order valence-electron chi connectivity index (χ2n) is 5.05. The number of rotatable bonds is 2. The first kappa shape index (κ1) is 12.9. The van der Waals surface area contributed by atoms with Crippen LogP contribution in [0.25, 0.3) is 5.57 Å². The summed E-state index contributed by atoms with van der Waals surface area (Å²) in [5, 5.41) is 2.14. The van der Waals surface area contributed by atoms with Crippen LogP contribution in [0.3, 0.4) is 0 Å². The molecular weight excluding hydrogens is 262 g/mol. The molecule has 100 valence electrons. The highest BCUT2D eigenvalue weighted by atomic mass is 32.1. The molecule has 0 N–H and O–H groups in total. The van der Waals surface area contributed by atoms with Crippen LogP contribution in [-0.4, -0.2) is 0 Å². The van der Waals surface area contributed by atoms with E-state index in [1.807, 2.05) is 0 Å². The van der Waals surface area contributed by atoms with Crippen molar-refractivity contribution in [2.45, 2.75) is 13.8 Å². The predicted molar refractivity (Wildman–Crippen MR) is 89.0 cm³/mol. The molecule has 2 heteroatoms. The first-order chi connectivity index (χ1) is 9.65. The van der Waals surface area contributed by atoms with E-state index in [0.717, 1.165) is 11.4 Å². The van der Waals surface area contributed by atoms with Crippen molar-refractivity contribution < 1.29 is 0 Å². The fourth-order valence-electron chi connectivity index (χ4n) is 2.35. The quantitative estimate of drug-likeness (QED) is 0.721. The Morgan fingerprint density at radius 1 is 1.10 bits per heavy atom. The van der Waals surface area contributed by atoms with E-state index in [4.69, 9.17) is 0 Å². The topological polar surface area (TPSA) is 3.24 Å². The fraction of sp³-hybridized carbons (Fsp3) is 0.111. The summed E-state index contributed by atoms with van der Waals surface area (Å²) in [4.78, 5) is 3.48. The molecule has 0 unspecified atom stereocenters. The summed E-state index contributed by atoms with van der Waals surface area (Å²) in [6.07, 6.45) is 6.40. The molecule has 0 radical (unpaired) electrons. The van der Waals surface area contributed by atoms with Gasteiger partial charge in [0, 0.05) is 28.0 Å². The third-order valence-electron chi connectivity index (χ3n) is 3.44. The minimum Gasteiger partial charge on any atom is -0.317 e. The Morgan fingerprint density at radius 2 is 1.95 bits per heavy atom. The van der Waals surface area contributed by atoms with Crippen molar-refractivity contribution in [3.63, 3.8) is 0 Å². The van der Waals surface area contributed by atoms with Gasteiger partial charge in [0.2, 0.25) is 0 Å². The van der Waals surface area contributed by atoms with Gasteiger partial charge in [0.25, 0.3) is 0 Å². The van der Waals surface area contributed by atoms with Crippen molar-refractivity contribution in [2.24, 2.45) is 0 Å². The monoisotopic (exact) mass is 279 g/mol. The summed E-state index contributed by atoms with van der Waals surface area (Å²) in [6, 6.07) is 10.7. The lowest BCUT2D eigenvalue weighted by molar-refractivity contribution is 1.20. The smallest absolute Gasteiger partial charge is 0.0458 e. The second-order valence-corrected chi connectivity index (χ2v) is 5.97. The first-order valence-corrected chi connectivity index (χ1v) is 7.52. The molecule has 3 rings (SSSR count). The molecule has 0 amide bonds. The standard InChI is InChI=1S/C18H17NS/c1-13-5-4-6-17(11-13)19-12-16(8-7-15(19)3)18-14(2)9-10-20-18/h4-12H,3H2,1-2H3. The fourth-order valence-corrected chi connectivity index (χ4v) is 3.27. The number of allylic oxidation sites excluding steroid dienone is 3. The summed E-state index contributed by atoms with van der Waals surface area (Å²) in [5.41, 5.74) is 5.97. The van der Waals surface area contributed by atoms with Crippen LogP contribution in [0.15, 0.2) is 66.3 Å². The maximum Gasteiger partial charge on any atom is 0.0458 e. The number of hydrogen-bond acceptors (Lipinski definition) is 2. The second kappa shape index (κ2) is 5.14. The molecule has 0 atom stereocenters. The molecule has 2 heterocycles. The zero-order valence-electron chi connectivity index (χ0n) is 11.8. The molecule has 2 aromatic rings. The summed E-state index contributed by atoms with van der Waals surface area (Å²) < 4.78 is 0. The molecule has 1 aliphatic rings. The Bertz CT molecular complexity index is 719. The molecule has 1 aromatic heterocycles. The van der Waals surface area contributed by atoms with Crippen LogP contribution < -0.4 is 4.90 Å². The summed E-state index contributed by atoms with van der Waals surface area (Å²) in [6.45, 7) is 8.40. The van der Waals surface area contributed by atoms with E-state index in [-0.39, 0.29) is 0 Å². The Hall–Kier alpha value is -2.06. The Labute approximate surface area is 124 Å². The molecule has 20 heavy (non-hydrogen) atoms. The van der Waals surface area contributed by atoms with Gasteiger partial charge < -0.3 is 4.90 Å². The Morgan fingerprint density at radius 3 is 2.65 bits per heavy atom. The normalized spacial score (nSPS) is 14.6. The minimum absolute atomic E-state index is 0.994. The average Bonchev–Trinajstić information content (AvgIpc) is 2.86. The van der Waals surface area contributed by atoms with Crippen LogP contribution in [0.5, 0.6) is 0 Å².